The Balaban J connectivity index is 1.01. The first-order valence-electron chi connectivity index (χ1n) is 21.3. The second kappa shape index (κ2) is 14.0. The Morgan fingerprint density at radius 3 is 2.19 bits per heavy atom. The fourth-order valence-corrected chi connectivity index (χ4v) is 9.86. The Morgan fingerprint density at radius 1 is 0.645 bits per heavy atom. The van der Waals surface area contributed by atoms with Gasteiger partial charge in [0, 0.05) is 51.3 Å². The molecule has 0 bridgehead atoms. The minimum absolute atomic E-state index is 0.0614. The van der Waals surface area contributed by atoms with E-state index >= 15 is 0 Å². The van der Waals surface area contributed by atoms with Crippen molar-refractivity contribution in [2.24, 2.45) is 0 Å². The van der Waals surface area contributed by atoms with E-state index in [2.05, 4.69) is 182 Å². The highest BCUT2D eigenvalue weighted by molar-refractivity contribution is 6.12. The number of para-hydroxylation sites is 3. The molecule has 0 radical (unpaired) electrons. The standard InChI is InChI=1S/C56H45N5O/c1-55(2,3)38-28-29-58-51(31-38)61-47-23-12-10-21-44(47)52-37(34-57)30-41(33-50(52)61)62-40-19-15-18-39(32-40)59-35-60(49-25-14-13-24-48(49)59)54-42(36-16-7-6-8-17-36)26-27-46-53(54)43-20-9-11-22-45(43)56(46,4)5/h6-33H,35H2,1-5H3. The molecule has 11 rings (SSSR count). The molecule has 0 saturated carbocycles. The molecule has 0 atom stereocenters. The highest BCUT2D eigenvalue weighted by atomic mass is 16.5. The van der Waals surface area contributed by atoms with Gasteiger partial charge in [-0.3, -0.25) is 4.57 Å². The Kier molecular flexibility index (Phi) is 8.43. The third-order valence-corrected chi connectivity index (χ3v) is 12.9. The maximum atomic E-state index is 10.6. The zero-order chi connectivity index (χ0) is 42.3. The van der Waals surface area contributed by atoms with E-state index in [1.54, 1.807) is 0 Å². The molecule has 2 aliphatic rings. The van der Waals surface area contributed by atoms with Crippen molar-refractivity contribution in [2.75, 3.05) is 16.5 Å². The van der Waals surface area contributed by atoms with E-state index in [-0.39, 0.29) is 10.8 Å². The Bertz CT molecular complexity index is 3290. The van der Waals surface area contributed by atoms with Gasteiger partial charge in [-0.1, -0.05) is 138 Å². The largest absolute Gasteiger partial charge is 0.457 e. The summed E-state index contributed by atoms with van der Waals surface area (Å²) in [5, 5.41) is 12.5. The average Bonchev–Trinajstić information content (AvgIpc) is 3.92. The van der Waals surface area contributed by atoms with Crippen LogP contribution in [0.15, 0.2) is 170 Å². The van der Waals surface area contributed by atoms with E-state index in [0.29, 0.717) is 23.7 Å². The smallest absolute Gasteiger partial charge is 0.137 e. The molecular formula is C56H45N5O. The SMILES string of the molecule is CC(C)(C)c1ccnc(-n2c3ccccc3c3c(C#N)cc(Oc4cccc(N5CN(c6c(-c7ccccc7)ccc7c6-c6ccccc6C7(C)C)c6ccccc65)c4)cc32)c1. The van der Waals surface area contributed by atoms with Crippen LogP contribution in [0.25, 0.3) is 49.9 Å². The summed E-state index contributed by atoms with van der Waals surface area (Å²) in [7, 11) is 0. The summed E-state index contributed by atoms with van der Waals surface area (Å²) >= 11 is 0. The van der Waals surface area contributed by atoms with Crippen LogP contribution in [0.2, 0.25) is 0 Å². The van der Waals surface area contributed by atoms with Gasteiger partial charge >= 0.3 is 0 Å². The molecule has 2 aromatic heterocycles. The quantitative estimate of drug-likeness (QED) is 0.168. The Hall–Kier alpha value is -7.62. The van der Waals surface area contributed by atoms with E-state index < -0.39 is 0 Å². The summed E-state index contributed by atoms with van der Waals surface area (Å²) in [6.07, 6.45) is 1.87. The van der Waals surface area contributed by atoms with Crippen molar-refractivity contribution in [3.8, 4) is 45.6 Å². The minimum Gasteiger partial charge on any atom is -0.457 e. The molecule has 6 nitrogen and oxygen atoms in total. The van der Waals surface area contributed by atoms with Crippen LogP contribution in [0.1, 0.15) is 56.9 Å². The third kappa shape index (κ3) is 5.80. The number of fused-ring (bicyclic) bond motifs is 7. The highest BCUT2D eigenvalue weighted by Gasteiger charge is 2.40. The Morgan fingerprint density at radius 2 is 1.39 bits per heavy atom. The molecule has 7 aromatic carbocycles. The van der Waals surface area contributed by atoms with E-state index in [0.717, 1.165) is 44.7 Å². The second-order valence-corrected chi connectivity index (χ2v) is 18.0. The molecule has 0 amide bonds. The minimum atomic E-state index is -0.143. The van der Waals surface area contributed by atoms with Crippen molar-refractivity contribution in [1.29, 1.82) is 5.26 Å². The molecule has 0 spiro atoms. The summed E-state index contributed by atoms with van der Waals surface area (Å²) in [6.45, 7) is 11.9. The molecular weight excluding hydrogens is 759 g/mol. The number of anilines is 4. The van der Waals surface area contributed by atoms with Crippen molar-refractivity contribution in [3.63, 3.8) is 0 Å². The van der Waals surface area contributed by atoms with Crippen LogP contribution in [0.4, 0.5) is 22.7 Å². The summed E-state index contributed by atoms with van der Waals surface area (Å²) in [6, 6.07) is 60.1. The average molecular weight is 804 g/mol. The number of nitriles is 1. The van der Waals surface area contributed by atoms with Gasteiger partial charge in [-0.15, -0.1) is 0 Å². The van der Waals surface area contributed by atoms with Crippen molar-refractivity contribution >= 4 is 44.6 Å². The van der Waals surface area contributed by atoms with E-state index in [4.69, 9.17) is 9.72 Å². The molecule has 3 heterocycles. The zero-order valence-electron chi connectivity index (χ0n) is 35.5. The fourth-order valence-electron chi connectivity index (χ4n) is 9.86. The number of benzene rings is 7. The highest BCUT2D eigenvalue weighted by Crippen LogP contribution is 2.57. The monoisotopic (exact) mass is 803 g/mol. The van der Waals surface area contributed by atoms with Crippen LogP contribution in [0, 0.1) is 11.3 Å². The first-order valence-corrected chi connectivity index (χ1v) is 21.3. The normalized spacial score (nSPS) is 13.9. The predicted octanol–water partition coefficient (Wildman–Crippen LogP) is 14.4. The molecule has 6 heteroatoms. The van der Waals surface area contributed by atoms with Crippen molar-refractivity contribution in [1.82, 2.24) is 9.55 Å². The maximum Gasteiger partial charge on any atom is 0.137 e. The number of ether oxygens (including phenoxy) is 1. The summed E-state index contributed by atoms with van der Waals surface area (Å²) in [4.78, 5) is 9.73. The lowest BCUT2D eigenvalue weighted by Crippen LogP contribution is -2.25. The van der Waals surface area contributed by atoms with Crippen LogP contribution in [0.3, 0.4) is 0 Å². The van der Waals surface area contributed by atoms with Crippen LogP contribution in [-0.4, -0.2) is 16.2 Å². The van der Waals surface area contributed by atoms with Crippen molar-refractivity contribution < 1.29 is 4.74 Å². The lowest BCUT2D eigenvalue weighted by molar-refractivity contribution is 0.483. The lowest BCUT2D eigenvalue weighted by Gasteiger charge is -2.28. The van der Waals surface area contributed by atoms with Gasteiger partial charge in [-0.05, 0) is 81.8 Å². The van der Waals surface area contributed by atoms with Gasteiger partial charge in [0.25, 0.3) is 0 Å². The molecule has 0 N–H and O–H groups in total. The van der Waals surface area contributed by atoms with Gasteiger partial charge in [-0.2, -0.15) is 5.26 Å². The van der Waals surface area contributed by atoms with Crippen LogP contribution in [0.5, 0.6) is 11.5 Å². The first kappa shape index (κ1) is 37.4. The molecule has 300 valence electrons. The van der Waals surface area contributed by atoms with Gasteiger partial charge in [0.2, 0.25) is 0 Å². The predicted molar refractivity (Wildman–Crippen MR) is 254 cm³/mol. The number of nitrogens with zero attached hydrogens (tertiary/aromatic N) is 5. The number of pyridine rings is 1. The van der Waals surface area contributed by atoms with E-state index in [1.807, 2.05) is 42.6 Å². The molecule has 62 heavy (non-hydrogen) atoms. The second-order valence-electron chi connectivity index (χ2n) is 18.0. The van der Waals surface area contributed by atoms with Gasteiger partial charge < -0.3 is 14.5 Å². The van der Waals surface area contributed by atoms with Crippen LogP contribution >= 0.6 is 0 Å². The Labute approximate surface area is 362 Å². The number of hydrogen-bond donors (Lipinski definition) is 0. The van der Waals surface area contributed by atoms with Gasteiger partial charge in [-0.25, -0.2) is 4.98 Å². The molecule has 0 fully saturated rings. The number of rotatable bonds is 6. The zero-order valence-corrected chi connectivity index (χ0v) is 35.5. The van der Waals surface area contributed by atoms with E-state index in [1.165, 1.54) is 44.6 Å². The summed E-state index contributed by atoms with van der Waals surface area (Å²) in [5.41, 5.74) is 15.5. The molecule has 9 aromatic rings. The topological polar surface area (TPSA) is 57.3 Å². The van der Waals surface area contributed by atoms with E-state index in [9.17, 15) is 5.26 Å². The molecule has 1 aliphatic heterocycles. The number of aromatic nitrogens is 2. The summed E-state index contributed by atoms with van der Waals surface area (Å²) in [5.74, 6) is 2.06. The third-order valence-electron chi connectivity index (χ3n) is 12.9. The van der Waals surface area contributed by atoms with Gasteiger partial charge in [0.05, 0.1) is 39.7 Å². The fraction of sp³-hybridized carbons (Fsp3) is 0.143. The van der Waals surface area contributed by atoms with Gasteiger partial charge in [0.15, 0.2) is 0 Å². The van der Waals surface area contributed by atoms with Gasteiger partial charge in [0.1, 0.15) is 24.0 Å². The molecule has 1 aliphatic carbocycles. The molecule has 0 saturated heterocycles. The van der Waals surface area contributed by atoms with Crippen LogP contribution in [-0.2, 0) is 10.8 Å². The summed E-state index contributed by atoms with van der Waals surface area (Å²) < 4.78 is 8.92. The van der Waals surface area contributed by atoms with Crippen molar-refractivity contribution in [2.45, 2.75) is 45.4 Å². The van der Waals surface area contributed by atoms with Crippen LogP contribution < -0.4 is 14.5 Å². The first-order chi connectivity index (χ1) is 30.1. The lowest BCUT2D eigenvalue weighted by atomic mass is 9.82. The number of hydrogen-bond acceptors (Lipinski definition) is 5. The van der Waals surface area contributed by atoms with Crippen molar-refractivity contribution in [3.05, 3.63) is 192 Å². The molecule has 0 unspecified atom stereocenters. The maximum absolute atomic E-state index is 10.6.